The van der Waals surface area contributed by atoms with E-state index >= 15 is 0 Å². The van der Waals surface area contributed by atoms with Crippen LogP contribution < -0.4 is 0 Å². The summed E-state index contributed by atoms with van der Waals surface area (Å²) in [6, 6.07) is 0. The van der Waals surface area contributed by atoms with Crippen LogP contribution in [0.1, 0.15) is 201 Å². The second kappa shape index (κ2) is 45.3. The van der Waals surface area contributed by atoms with Crippen molar-refractivity contribution in [2.24, 2.45) is 0 Å². The molecule has 6 nitrogen and oxygen atoms in total. The van der Waals surface area contributed by atoms with Gasteiger partial charge in [0.1, 0.15) is 13.2 Å². The SMILES string of the molecule is CC/C=C\C/C=C\C/C=C\C/C=C\C/C=C\CCCCCC(=O)OCC(COC(=O)CCCCCCCCCCC)OC(=O)CCCCC/C=C\C=C/CCCC. The highest BCUT2D eigenvalue weighted by atomic mass is 16.6. The average Bonchev–Trinajstić information content (AvgIpc) is 3.21. The van der Waals surface area contributed by atoms with Crippen molar-refractivity contribution in [2.75, 3.05) is 13.2 Å². The highest BCUT2D eigenvalue weighted by Crippen LogP contribution is 2.12. The van der Waals surface area contributed by atoms with Gasteiger partial charge in [-0.25, -0.2) is 0 Å². The van der Waals surface area contributed by atoms with Crippen LogP contribution in [0, 0.1) is 0 Å². The van der Waals surface area contributed by atoms with Crippen molar-refractivity contribution in [3.8, 4) is 0 Å². The molecular weight excluding hydrogens is 709 g/mol. The maximum Gasteiger partial charge on any atom is 0.306 e. The molecule has 0 aromatic rings. The van der Waals surface area contributed by atoms with Crippen molar-refractivity contribution in [2.45, 2.75) is 207 Å². The Kier molecular flexibility index (Phi) is 42.6. The van der Waals surface area contributed by atoms with Gasteiger partial charge in [0.15, 0.2) is 6.10 Å². The molecule has 0 saturated heterocycles. The number of hydrogen-bond acceptors (Lipinski definition) is 6. The van der Waals surface area contributed by atoms with Gasteiger partial charge < -0.3 is 14.2 Å². The van der Waals surface area contributed by atoms with Gasteiger partial charge in [-0.2, -0.15) is 0 Å². The van der Waals surface area contributed by atoms with Crippen LogP contribution in [-0.4, -0.2) is 37.2 Å². The fourth-order valence-corrected chi connectivity index (χ4v) is 5.91. The first-order valence-corrected chi connectivity index (χ1v) is 23.1. The summed E-state index contributed by atoms with van der Waals surface area (Å²) in [5.74, 6) is -0.971. The number of ether oxygens (including phenoxy) is 3. The van der Waals surface area contributed by atoms with Crippen LogP contribution in [0.3, 0.4) is 0 Å². The van der Waals surface area contributed by atoms with E-state index in [2.05, 4.69) is 106 Å². The van der Waals surface area contributed by atoms with E-state index in [9.17, 15) is 14.4 Å². The summed E-state index contributed by atoms with van der Waals surface area (Å²) in [6.45, 7) is 6.37. The summed E-state index contributed by atoms with van der Waals surface area (Å²) < 4.78 is 16.6. The van der Waals surface area contributed by atoms with E-state index in [4.69, 9.17) is 14.2 Å². The number of rotatable bonds is 40. The van der Waals surface area contributed by atoms with E-state index in [0.29, 0.717) is 12.8 Å². The van der Waals surface area contributed by atoms with Gasteiger partial charge in [0, 0.05) is 19.3 Å². The highest BCUT2D eigenvalue weighted by molar-refractivity contribution is 5.71. The van der Waals surface area contributed by atoms with Gasteiger partial charge in [-0.15, -0.1) is 0 Å². The Morgan fingerprint density at radius 1 is 0.386 bits per heavy atom. The summed E-state index contributed by atoms with van der Waals surface area (Å²) in [6.07, 6.45) is 57.1. The molecule has 0 aliphatic heterocycles. The van der Waals surface area contributed by atoms with Gasteiger partial charge in [0.05, 0.1) is 0 Å². The van der Waals surface area contributed by atoms with E-state index < -0.39 is 6.10 Å². The van der Waals surface area contributed by atoms with Crippen molar-refractivity contribution in [1.82, 2.24) is 0 Å². The Morgan fingerprint density at radius 2 is 0.754 bits per heavy atom. The number of carbonyl (C=O) groups is 3. The molecule has 0 aliphatic carbocycles. The zero-order valence-corrected chi connectivity index (χ0v) is 36.8. The molecule has 1 unspecified atom stereocenters. The summed E-state index contributed by atoms with van der Waals surface area (Å²) in [7, 11) is 0. The van der Waals surface area contributed by atoms with Crippen LogP contribution in [0.25, 0.3) is 0 Å². The van der Waals surface area contributed by atoms with Crippen molar-refractivity contribution < 1.29 is 28.6 Å². The first-order chi connectivity index (χ1) is 28.0. The molecule has 0 heterocycles. The van der Waals surface area contributed by atoms with Crippen LogP contribution in [-0.2, 0) is 28.6 Å². The molecule has 0 saturated carbocycles. The quantitative estimate of drug-likeness (QED) is 0.0202. The Morgan fingerprint density at radius 3 is 1.23 bits per heavy atom. The molecule has 0 aromatic carbocycles. The Bertz CT molecular complexity index is 1140. The topological polar surface area (TPSA) is 78.9 Å². The molecule has 6 heteroatoms. The number of unbranched alkanes of at least 4 members (excludes halogenated alkanes) is 16. The predicted octanol–water partition coefficient (Wildman–Crippen LogP) is 14.9. The molecule has 0 aromatic heterocycles. The molecule has 1 atom stereocenters. The molecule has 0 aliphatic rings. The average molecular weight is 793 g/mol. The maximum absolute atomic E-state index is 12.7. The lowest BCUT2D eigenvalue weighted by Gasteiger charge is -2.18. The third kappa shape index (κ3) is 43.6. The van der Waals surface area contributed by atoms with Crippen LogP contribution in [0.2, 0.25) is 0 Å². The molecule has 0 N–H and O–H groups in total. The van der Waals surface area contributed by atoms with E-state index in [1.165, 1.54) is 51.4 Å². The summed E-state index contributed by atoms with van der Waals surface area (Å²) in [5.41, 5.74) is 0. The van der Waals surface area contributed by atoms with Crippen molar-refractivity contribution in [1.29, 1.82) is 0 Å². The van der Waals surface area contributed by atoms with Gasteiger partial charge in [0.25, 0.3) is 0 Å². The Balaban J connectivity index is 4.43. The van der Waals surface area contributed by atoms with Gasteiger partial charge in [-0.1, -0.05) is 183 Å². The summed E-state index contributed by atoms with van der Waals surface area (Å²) in [4.78, 5) is 37.7. The molecule has 0 amide bonds. The monoisotopic (exact) mass is 793 g/mol. The normalized spacial score (nSPS) is 12.8. The standard InChI is InChI=1S/C51H84O6/c1-4-7-10-13-16-19-21-22-23-24-25-26-27-28-30-32-35-38-41-44-50(53)56-47-48(46-55-49(52)43-40-37-34-31-18-15-12-9-6-3)57-51(54)45-42-39-36-33-29-20-17-14-11-8-5-2/h7,10,14,16-17,19-20,22-23,25-26,28-30,48H,4-6,8-9,11-13,15,18,21,24,27,31-47H2,1-3H3/b10-7-,17-14-,19-16-,23-22-,26-25-,29-20-,30-28-. The number of hydrogen-bond donors (Lipinski definition) is 0. The van der Waals surface area contributed by atoms with Crippen molar-refractivity contribution in [3.63, 3.8) is 0 Å². The first-order valence-electron chi connectivity index (χ1n) is 23.1. The summed E-state index contributed by atoms with van der Waals surface area (Å²) >= 11 is 0. The molecule has 0 fully saturated rings. The minimum absolute atomic E-state index is 0.0981. The van der Waals surface area contributed by atoms with Gasteiger partial charge >= 0.3 is 17.9 Å². The Hall–Kier alpha value is -3.41. The minimum atomic E-state index is -0.800. The minimum Gasteiger partial charge on any atom is -0.462 e. The van der Waals surface area contributed by atoms with E-state index in [-0.39, 0.29) is 37.5 Å². The maximum atomic E-state index is 12.7. The number of allylic oxidation sites excluding steroid dienone is 14. The zero-order valence-electron chi connectivity index (χ0n) is 36.8. The Labute approximate surface area is 350 Å². The molecule has 0 radical (unpaired) electrons. The fraction of sp³-hybridized carbons (Fsp3) is 0.667. The predicted molar refractivity (Wildman–Crippen MR) is 242 cm³/mol. The smallest absolute Gasteiger partial charge is 0.306 e. The van der Waals surface area contributed by atoms with Gasteiger partial charge in [-0.05, 0) is 83.5 Å². The molecule has 0 spiro atoms. The largest absolute Gasteiger partial charge is 0.462 e. The molecule has 0 bridgehead atoms. The second-order valence-electron chi connectivity index (χ2n) is 15.0. The van der Waals surface area contributed by atoms with Gasteiger partial charge in [0.2, 0.25) is 0 Å². The lowest BCUT2D eigenvalue weighted by atomic mass is 10.1. The third-order valence-corrected chi connectivity index (χ3v) is 9.41. The highest BCUT2D eigenvalue weighted by Gasteiger charge is 2.19. The van der Waals surface area contributed by atoms with Crippen molar-refractivity contribution in [3.05, 3.63) is 85.1 Å². The van der Waals surface area contributed by atoms with E-state index in [1.54, 1.807) is 0 Å². The molecule has 57 heavy (non-hydrogen) atoms. The van der Waals surface area contributed by atoms with Crippen LogP contribution in [0.4, 0.5) is 0 Å². The first kappa shape index (κ1) is 53.6. The van der Waals surface area contributed by atoms with Crippen LogP contribution in [0.5, 0.6) is 0 Å². The van der Waals surface area contributed by atoms with Crippen LogP contribution >= 0.6 is 0 Å². The van der Waals surface area contributed by atoms with Crippen molar-refractivity contribution >= 4 is 17.9 Å². The number of esters is 3. The van der Waals surface area contributed by atoms with Crippen LogP contribution in [0.15, 0.2) is 85.1 Å². The zero-order chi connectivity index (χ0) is 41.5. The molecule has 0 rings (SSSR count). The lowest BCUT2D eigenvalue weighted by Crippen LogP contribution is -2.30. The molecular formula is C51H84O6. The third-order valence-electron chi connectivity index (χ3n) is 9.41. The summed E-state index contributed by atoms with van der Waals surface area (Å²) in [5, 5.41) is 0. The van der Waals surface area contributed by atoms with E-state index in [1.807, 2.05) is 0 Å². The lowest BCUT2D eigenvalue weighted by molar-refractivity contribution is -0.167. The second-order valence-corrected chi connectivity index (χ2v) is 15.0. The van der Waals surface area contributed by atoms with Gasteiger partial charge in [-0.3, -0.25) is 14.4 Å². The number of carbonyl (C=O) groups excluding carboxylic acids is 3. The van der Waals surface area contributed by atoms with E-state index in [0.717, 1.165) is 109 Å². The molecule has 324 valence electrons. The fourth-order valence-electron chi connectivity index (χ4n) is 5.91.